The van der Waals surface area contributed by atoms with Gasteiger partial charge in [-0.25, -0.2) is 9.48 Å². The zero-order chi connectivity index (χ0) is 18.3. The summed E-state index contributed by atoms with van der Waals surface area (Å²) in [5, 5.41) is 14.5. The fourth-order valence-corrected chi connectivity index (χ4v) is 3.23. The summed E-state index contributed by atoms with van der Waals surface area (Å²) >= 11 is 12.1. The molecular formula is C17H17Cl2N3O3. The molecule has 1 heterocycles. The molecule has 0 spiro atoms. The molecule has 1 saturated carbocycles. The molecule has 0 bridgehead atoms. The molecule has 0 radical (unpaired) electrons. The molecule has 1 amide bonds. The van der Waals surface area contributed by atoms with Crippen molar-refractivity contribution in [1.82, 2.24) is 14.7 Å². The quantitative estimate of drug-likeness (QED) is 0.858. The Morgan fingerprint density at radius 3 is 2.56 bits per heavy atom. The van der Waals surface area contributed by atoms with Gasteiger partial charge in [0.1, 0.15) is 6.04 Å². The molecule has 0 aliphatic heterocycles. The van der Waals surface area contributed by atoms with Crippen LogP contribution in [0.5, 0.6) is 0 Å². The van der Waals surface area contributed by atoms with Gasteiger partial charge in [-0.2, -0.15) is 5.10 Å². The first-order valence-corrected chi connectivity index (χ1v) is 8.62. The zero-order valence-corrected chi connectivity index (χ0v) is 15.3. The van der Waals surface area contributed by atoms with E-state index in [0.717, 1.165) is 12.8 Å². The maximum Gasteiger partial charge on any atom is 0.326 e. The molecule has 1 aliphatic carbocycles. The van der Waals surface area contributed by atoms with E-state index in [2.05, 4.69) is 5.10 Å². The van der Waals surface area contributed by atoms with Gasteiger partial charge in [0.2, 0.25) is 0 Å². The van der Waals surface area contributed by atoms with Crippen LogP contribution in [0.3, 0.4) is 0 Å². The largest absolute Gasteiger partial charge is 0.480 e. The first-order valence-electron chi connectivity index (χ1n) is 7.87. The molecule has 8 heteroatoms. The number of hydrogen-bond acceptors (Lipinski definition) is 3. The highest BCUT2D eigenvalue weighted by Crippen LogP contribution is 2.31. The van der Waals surface area contributed by atoms with Crippen LogP contribution < -0.4 is 0 Å². The third-order valence-electron chi connectivity index (χ3n) is 4.19. The Kier molecular flexibility index (Phi) is 4.75. The van der Waals surface area contributed by atoms with Gasteiger partial charge in [-0.15, -0.1) is 0 Å². The molecule has 132 valence electrons. The van der Waals surface area contributed by atoms with Crippen molar-refractivity contribution in [1.29, 1.82) is 0 Å². The summed E-state index contributed by atoms with van der Waals surface area (Å²) in [4.78, 5) is 25.6. The molecule has 1 fully saturated rings. The van der Waals surface area contributed by atoms with Crippen LogP contribution >= 0.6 is 23.2 Å². The van der Waals surface area contributed by atoms with E-state index < -0.39 is 12.0 Å². The Morgan fingerprint density at radius 2 is 2.00 bits per heavy atom. The van der Waals surface area contributed by atoms with Crippen LogP contribution in [-0.4, -0.2) is 43.7 Å². The van der Waals surface area contributed by atoms with Gasteiger partial charge in [0.05, 0.1) is 10.7 Å². The second-order valence-corrected chi connectivity index (χ2v) is 6.98. The van der Waals surface area contributed by atoms with E-state index in [1.807, 2.05) is 0 Å². The second-order valence-electron chi connectivity index (χ2n) is 6.14. The highest BCUT2D eigenvalue weighted by Gasteiger charge is 2.39. The van der Waals surface area contributed by atoms with Crippen LogP contribution in [0.4, 0.5) is 0 Å². The third kappa shape index (κ3) is 3.50. The van der Waals surface area contributed by atoms with Crippen LogP contribution in [0.15, 0.2) is 24.3 Å². The van der Waals surface area contributed by atoms with Gasteiger partial charge in [0.15, 0.2) is 5.69 Å². The van der Waals surface area contributed by atoms with Gasteiger partial charge < -0.3 is 10.0 Å². The van der Waals surface area contributed by atoms with E-state index in [0.29, 0.717) is 21.4 Å². The number of aromatic nitrogens is 2. The smallest absolute Gasteiger partial charge is 0.326 e. The van der Waals surface area contributed by atoms with Crippen molar-refractivity contribution in [3.63, 3.8) is 0 Å². The number of carboxylic acids is 1. The lowest BCUT2D eigenvalue weighted by Crippen LogP contribution is -2.44. The summed E-state index contributed by atoms with van der Waals surface area (Å²) in [5.41, 5.74) is 1.52. The molecule has 1 unspecified atom stereocenters. The summed E-state index contributed by atoms with van der Waals surface area (Å²) in [6.45, 7) is 3.31. The molecule has 3 rings (SSSR count). The van der Waals surface area contributed by atoms with Crippen molar-refractivity contribution < 1.29 is 14.7 Å². The molecule has 0 saturated heterocycles. The van der Waals surface area contributed by atoms with Gasteiger partial charge in [-0.05, 0) is 51.0 Å². The number of carbonyl (C=O) groups is 2. The van der Waals surface area contributed by atoms with Gasteiger partial charge in [0.25, 0.3) is 5.91 Å². The van der Waals surface area contributed by atoms with Crippen molar-refractivity contribution in [3.05, 3.63) is 45.7 Å². The average Bonchev–Trinajstić information content (AvgIpc) is 3.29. The first kappa shape index (κ1) is 17.8. The summed E-state index contributed by atoms with van der Waals surface area (Å²) < 4.78 is 1.56. The highest BCUT2D eigenvalue weighted by molar-refractivity contribution is 6.35. The fraction of sp³-hybridized carbons (Fsp3) is 0.353. The summed E-state index contributed by atoms with van der Waals surface area (Å²) in [6, 6.07) is 5.71. The van der Waals surface area contributed by atoms with Gasteiger partial charge in [-0.3, -0.25) is 4.79 Å². The van der Waals surface area contributed by atoms with Crippen molar-refractivity contribution in [3.8, 4) is 5.69 Å². The van der Waals surface area contributed by atoms with Gasteiger partial charge in [0, 0.05) is 16.8 Å². The molecule has 2 aromatic rings. The van der Waals surface area contributed by atoms with Crippen molar-refractivity contribution >= 4 is 35.1 Å². The number of aliphatic carboxylic acids is 1. The number of carboxylic acid groups (broad SMARTS) is 1. The number of nitrogens with zero attached hydrogens (tertiary/aromatic N) is 3. The van der Waals surface area contributed by atoms with Crippen molar-refractivity contribution in [2.24, 2.45) is 0 Å². The predicted molar refractivity (Wildman–Crippen MR) is 94.6 cm³/mol. The molecule has 1 aromatic heterocycles. The van der Waals surface area contributed by atoms with Crippen LogP contribution in [0, 0.1) is 6.92 Å². The van der Waals surface area contributed by atoms with E-state index in [4.69, 9.17) is 23.2 Å². The Balaban J connectivity index is 1.96. The second kappa shape index (κ2) is 6.69. The molecule has 6 nitrogen and oxygen atoms in total. The van der Waals surface area contributed by atoms with Crippen LogP contribution in [0.25, 0.3) is 5.69 Å². The van der Waals surface area contributed by atoms with E-state index in [1.54, 1.807) is 35.9 Å². The normalized spacial score (nSPS) is 15.0. The first-order chi connectivity index (χ1) is 11.8. The monoisotopic (exact) mass is 381 g/mol. The minimum Gasteiger partial charge on any atom is -0.480 e. The van der Waals surface area contributed by atoms with Gasteiger partial charge in [-0.1, -0.05) is 23.2 Å². The minimum absolute atomic E-state index is 0.0387. The summed E-state index contributed by atoms with van der Waals surface area (Å²) in [5.74, 6) is -1.42. The van der Waals surface area contributed by atoms with E-state index in [1.165, 1.54) is 11.8 Å². The highest BCUT2D eigenvalue weighted by atomic mass is 35.5. The average molecular weight is 382 g/mol. The topological polar surface area (TPSA) is 75.4 Å². The number of halogens is 2. The lowest BCUT2D eigenvalue weighted by molar-refractivity contribution is -0.141. The Hall–Kier alpha value is -2.05. The lowest BCUT2D eigenvalue weighted by Gasteiger charge is -2.25. The Morgan fingerprint density at radius 1 is 1.32 bits per heavy atom. The molecule has 1 aromatic carbocycles. The number of hydrogen-bond donors (Lipinski definition) is 1. The zero-order valence-electron chi connectivity index (χ0n) is 13.7. The fourth-order valence-electron chi connectivity index (χ4n) is 2.74. The van der Waals surface area contributed by atoms with Crippen molar-refractivity contribution in [2.45, 2.75) is 38.8 Å². The molecule has 25 heavy (non-hydrogen) atoms. The summed E-state index contributed by atoms with van der Waals surface area (Å²) in [7, 11) is 0. The number of aryl methyl sites for hydroxylation is 1. The SMILES string of the molecule is Cc1cc(C(=O)N(C2CC2)C(C)C(=O)O)nn1-c1ccc(Cl)cc1Cl. The minimum atomic E-state index is -1.03. The van der Waals surface area contributed by atoms with Gasteiger partial charge >= 0.3 is 5.97 Å². The van der Waals surface area contributed by atoms with E-state index >= 15 is 0 Å². The number of rotatable bonds is 5. The molecule has 1 aliphatic rings. The molecule has 1 N–H and O–H groups in total. The number of carbonyl (C=O) groups excluding carboxylic acids is 1. The van der Waals surface area contributed by atoms with E-state index in [-0.39, 0.29) is 17.6 Å². The maximum atomic E-state index is 12.8. The lowest BCUT2D eigenvalue weighted by atomic mass is 10.2. The number of amides is 1. The molecule has 1 atom stereocenters. The standard InChI is InChI=1S/C17H17Cl2N3O3/c1-9-7-14(16(23)21(12-4-5-12)10(2)17(24)25)20-22(9)15-6-3-11(18)8-13(15)19/h3,6-8,10,12H,4-5H2,1-2H3,(H,24,25). The molecular weight excluding hydrogens is 365 g/mol. The summed E-state index contributed by atoms with van der Waals surface area (Å²) in [6.07, 6.45) is 1.62. The Bertz CT molecular complexity index is 846. The Labute approximate surface area is 154 Å². The van der Waals surface area contributed by atoms with Crippen molar-refractivity contribution in [2.75, 3.05) is 0 Å². The van der Waals surface area contributed by atoms with Crippen LogP contribution in [0.1, 0.15) is 35.9 Å². The van der Waals surface area contributed by atoms with E-state index in [9.17, 15) is 14.7 Å². The predicted octanol–water partition coefficient (Wildman–Crippen LogP) is 3.57. The third-order valence-corrected chi connectivity index (χ3v) is 4.73. The number of benzene rings is 1. The van der Waals surface area contributed by atoms with Crippen LogP contribution in [0.2, 0.25) is 10.0 Å². The maximum absolute atomic E-state index is 12.8. The van der Waals surface area contributed by atoms with Crippen LogP contribution in [-0.2, 0) is 4.79 Å².